The van der Waals surface area contributed by atoms with Crippen molar-refractivity contribution >= 4 is 17.6 Å². The highest BCUT2D eigenvalue weighted by atomic mass is 16.4. The van der Waals surface area contributed by atoms with E-state index in [1.54, 1.807) is 26.0 Å². The Kier molecular flexibility index (Phi) is 3.83. The fourth-order valence-corrected chi connectivity index (χ4v) is 1.22. The van der Waals surface area contributed by atoms with Crippen molar-refractivity contribution in [2.45, 2.75) is 13.8 Å². The molecule has 0 aliphatic heterocycles. The third-order valence-electron chi connectivity index (χ3n) is 2.06. The summed E-state index contributed by atoms with van der Waals surface area (Å²) in [5.74, 6) is -1.28. The summed E-state index contributed by atoms with van der Waals surface area (Å²) in [5, 5.41) is 11.4. The molecule has 0 aliphatic rings. The number of carbonyl (C=O) groups excluding carboxylic acids is 1. The van der Waals surface area contributed by atoms with Crippen molar-refractivity contribution in [2.75, 3.05) is 5.32 Å². The van der Waals surface area contributed by atoms with E-state index in [1.165, 1.54) is 18.2 Å². The summed E-state index contributed by atoms with van der Waals surface area (Å²) in [4.78, 5) is 22.0. The van der Waals surface area contributed by atoms with Crippen LogP contribution in [0, 0.1) is 6.92 Å². The van der Waals surface area contributed by atoms with E-state index in [4.69, 9.17) is 5.11 Å². The van der Waals surface area contributed by atoms with Crippen LogP contribution in [0.15, 0.2) is 30.4 Å². The molecule has 2 N–H and O–H groups in total. The number of benzene rings is 1. The Bertz CT molecular complexity index is 450. The van der Waals surface area contributed by atoms with Gasteiger partial charge in [-0.3, -0.25) is 4.79 Å². The molecule has 4 heteroatoms. The monoisotopic (exact) mass is 219 g/mol. The largest absolute Gasteiger partial charge is 0.478 e. The third-order valence-corrected chi connectivity index (χ3v) is 2.06. The van der Waals surface area contributed by atoms with Gasteiger partial charge in [0, 0.05) is 5.69 Å². The number of nitrogens with one attached hydrogen (secondary N) is 1. The summed E-state index contributed by atoms with van der Waals surface area (Å²) in [5.41, 5.74) is 1.49. The lowest BCUT2D eigenvalue weighted by Crippen LogP contribution is -2.10. The van der Waals surface area contributed by atoms with E-state index in [0.717, 1.165) is 5.56 Å². The standard InChI is InChI=1S/C12H13NO3/c1-3-4-11(14)13-10-7-9(12(15)16)6-5-8(10)2/h3-7H,1-2H3,(H,13,14)(H,15,16)/b4-3+. The molecule has 0 saturated carbocycles. The molecule has 4 nitrogen and oxygen atoms in total. The lowest BCUT2D eigenvalue weighted by atomic mass is 10.1. The number of hydrogen-bond acceptors (Lipinski definition) is 2. The maximum Gasteiger partial charge on any atom is 0.335 e. The van der Waals surface area contributed by atoms with E-state index in [-0.39, 0.29) is 11.5 Å². The molecule has 0 atom stereocenters. The molecule has 16 heavy (non-hydrogen) atoms. The van der Waals surface area contributed by atoms with Crippen molar-refractivity contribution in [1.29, 1.82) is 0 Å². The van der Waals surface area contributed by atoms with Crippen molar-refractivity contribution in [3.63, 3.8) is 0 Å². The van der Waals surface area contributed by atoms with Gasteiger partial charge in [0.25, 0.3) is 0 Å². The van der Waals surface area contributed by atoms with Gasteiger partial charge in [0.2, 0.25) is 5.91 Å². The molecule has 0 aliphatic carbocycles. The number of rotatable bonds is 3. The van der Waals surface area contributed by atoms with E-state index < -0.39 is 5.97 Å². The normalized spacial score (nSPS) is 10.4. The summed E-state index contributed by atoms with van der Waals surface area (Å²) in [6, 6.07) is 4.61. The summed E-state index contributed by atoms with van der Waals surface area (Å²) in [6.45, 7) is 3.54. The molecule has 0 fully saturated rings. The van der Waals surface area contributed by atoms with Gasteiger partial charge in [-0.1, -0.05) is 12.1 Å². The molecule has 0 saturated heterocycles. The van der Waals surface area contributed by atoms with Crippen molar-refractivity contribution in [2.24, 2.45) is 0 Å². The molecule has 1 aromatic carbocycles. The van der Waals surface area contributed by atoms with Crippen molar-refractivity contribution in [3.05, 3.63) is 41.5 Å². The Hall–Kier alpha value is -2.10. The molecular formula is C12H13NO3. The van der Waals surface area contributed by atoms with Gasteiger partial charge in [-0.15, -0.1) is 0 Å². The highest BCUT2D eigenvalue weighted by molar-refractivity contribution is 6.00. The van der Waals surface area contributed by atoms with Crippen LogP contribution in [0.2, 0.25) is 0 Å². The quantitative estimate of drug-likeness (QED) is 0.766. The van der Waals surface area contributed by atoms with Gasteiger partial charge in [-0.25, -0.2) is 4.79 Å². The van der Waals surface area contributed by atoms with Gasteiger partial charge >= 0.3 is 5.97 Å². The number of carboxylic acids is 1. The van der Waals surface area contributed by atoms with Crippen LogP contribution >= 0.6 is 0 Å². The van der Waals surface area contributed by atoms with Crippen LogP contribution in [0.5, 0.6) is 0 Å². The molecule has 0 spiro atoms. The predicted octanol–water partition coefficient (Wildman–Crippen LogP) is 2.21. The highest BCUT2D eigenvalue weighted by Gasteiger charge is 2.07. The summed E-state index contributed by atoms with van der Waals surface area (Å²) in [6.07, 6.45) is 3.00. The first kappa shape index (κ1) is 12.0. The zero-order valence-electron chi connectivity index (χ0n) is 9.15. The van der Waals surface area contributed by atoms with Gasteiger partial charge in [-0.05, 0) is 37.6 Å². The number of amides is 1. The Balaban J connectivity index is 2.98. The lowest BCUT2D eigenvalue weighted by Gasteiger charge is -2.07. The SMILES string of the molecule is C/C=C/C(=O)Nc1cc(C(=O)O)ccc1C. The maximum atomic E-state index is 11.3. The Morgan fingerprint density at radius 2 is 2.06 bits per heavy atom. The first-order valence-electron chi connectivity index (χ1n) is 4.82. The van der Waals surface area contributed by atoms with Gasteiger partial charge in [0.15, 0.2) is 0 Å². The number of carboxylic acid groups (broad SMARTS) is 1. The van der Waals surface area contributed by atoms with Crippen molar-refractivity contribution in [1.82, 2.24) is 0 Å². The first-order valence-corrected chi connectivity index (χ1v) is 4.82. The predicted molar refractivity (Wildman–Crippen MR) is 61.6 cm³/mol. The van der Waals surface area contributed by atoms with Crippen molar-refractivity contribution < 1.29 is 14.7 Å². The molecule has 0 aromatic heterocycles. The maximum absolute atomic E-state index is 11.3. The van der Waals surface area contributed by atoms with E-state index in [0.29, 0.717) is 5.69 Å². The second kappa shape index (κ2) is 5.11. The fraction of sp³-hybridized carbons (Fsp3) is 0.167. The van der Waals surface area contributed by atoms with E-state index >= 15 is 0 Å². The van der Waals surface area contributed by atoms with E-state index in [2.05, 4.69) is 5.32 Å². The number of aromatic carboxylic acids is 1. The lowest BCUT2D eigenvalue weighted by molar-refractivity contribution is -0.111. The van der Waals surface area contributed by atoms with Crippen LogP contribution in [0.4, 0.5) is 5.69 Å². The fourth-order valence-electron chi connectivity index (χ4n) is 1.22. The van der Waals surface area contributed by atoms with Crippen molar-refractivity contribution in [3.8, 4) is 0 Å². The minimum absolute atomic E-state index is 0.154. The average molecular weight is 219 g/mol. The molecule has 0 heterocycles. The Morgan fingerprint density at radius 3 is 2.62 bits per heavy atom. The van der Waals surface area contributed by atoms with Gasteiger partial charge < -0.3 is 10.4 Å². The van der Waals surface area contributed by atoms with E-state index in [9.17, 15) is 9.59 Å². The smallest absolute Gasteiger partial charge is 0.335 e. The Morgan fingerprint density at radius 1 is 1.38 bits per heavy atom. The van der Waals surface area contributed by atoms with Crippen LogP contribution in [0.3, 0.4) is 0 Å². The van der Waals surface area contributed by atoms with Crippen LogP contribution in [0.25, 0.3) is 0 Å². The van der Waals surface area contributed by atoms with Crippen LogP contribution < -0.4 is 5.32 Å². The summed E-state index contributed by atoms with van der Waals surface area (Å²) in [7, 11) is 0. The van der Waals surface area contributed by atoms with Crippen LogP contribution in [-0.4, -0.2) is 17.0 Å². The van der Waals surface area contributed by atoms with Crippen LogP contribution in [0.1, 0.15) is 22.8 Å². The number of aryl methyl sites for hydroxylation is 1. The molecule has 1 amide bonds. The molecule has 84 valence electrons. The molecule has 0 radical (unpaired) electrons. The first-order chi connectivity index (χ1) is 7.54. The number of hydrogen-bond donors (Lipinski definition) is 2. The molecule has 0 unspecified atom stereocenters. The second-order valence-electron chi connectivity index (χ2n) is 3.32. The van der Waals surface area contributed by atoms with Crippen LogP contribution in [-0.2, 0) is 4.79 Å². The van der Waals surface area contributed by atoms with E-state index in [1.807, 2.05) is 0 Å². The summed E-state index contributed by atoms with van der Waals surface area (Å²) < 4.78 is 0. The number of allylic oxidation sites excluding steroid dienone is 1. The third kappa shape index (κ3) is 2.95. The van der Waals surface area contributed by atoms with Gasteiger partial charge in [0.05, 0.1) is 5.56 Å². The average Bonchev–Trinajstić information content (AvgIpc) is 2.21. The minimum Gasteiger partial charge on any atom is -0.478 e. The number of carbonyl (C=O) groups is 2. The molecule has 1 rings (SSSR count). The minimum atomic E-state index is -1.01. The highest BCUT2D eigenvalue weighted by Crippen LogP contribution is 2.16. The second-order valence-corrected chi connectivity index (χ2v) is 3.32. The zero-order valence-corrected chi connectivity index (χ0v) is 9.15. The topological polar surface area (TPSA) is 66.4 Å². The molecule has 0 bridgehead atoms. The number of anilines is 1. The molecule has 1 aromatic rings. The van der Waals surface area contributed by atoms with Gasteiger partial charge in [-0.2, -0.15) is 0 Å². The molecular weight excluding hydrogens is 206 g/mol. The zero-order chi connectivity index (χ0) is 12.1. The van der Waals surface area contributed by atoms with Gasteiger partial charge in [0.1, 0.15) is 0 Å². The Labute approximate surface area is 93.6 Å². The summed E-state index contributed by atoms with van der Waals surface area (Å²) >= 11 is 0.